The predicted octanol–water partition coefficient (Wildman–Crippen LogP) is 1.85. The fourth-order valence-electron chi connectivity index (χ4n) is 3.14. The van der Waals surface area contributed by atoms with Gasteiger partial charge in [0.15, 0.2) is 0 Å². The van der Waals surface area contributed by atoms with Crippen LogP contribution < -0.4 is 0 Å². The van der Waals surface area contributed by atoms with Gasteiger partial charge in [0.2, 0.25) is 0 Å². The Bertz CT molecular complexity index is 440. The molecule has 3 rings (SSSR count). The van der Waals surface area contributed by atoms with Gasteiger partial charge in [0, 0.05) is 32.8 Å². The van der Waals surface area contributed by atoms with E-state index in [4.69, 9.17) is 9.15 Å². The average molecular weight is 292 g/mol. The lowest BCUT2D eigenvalue weighted by Crippen LogP contribution is -2.35. The molecule has 1 amide bonds. The van der Waals surface area contributed by atoms with Gasteiger partial charge in [-0.3, -0.25) is 4.79 Å². The number of ether oxygens (including phenoxy) is 1. The zero-order chi connectivity index (χ0) is 14.5. The van der Waals surface area contributed by atoms with Gasteiger partial charge in [0.05, 0.1) is 11.8 Å². The summed E-state index contributed by atoms with van der Waals surface area (Å²) in [7, 11) is 0. The summed E-state index contributed by atoms with van der Waals surface area (Å²) >= 11 is 0. The summed E-state index contributed by atoms with van der Waals surface area (Å²) in [6.45, 7) is 6.69. The molecular formula is C16H24N2O3. The first-order chi connectivity index (χ1) is 10.3. The van der Waals surface area contributed by atoms with Crippen molar-refractivity contribution in [1.29, 1.82) is 0 Å². The van der Waals surface area contributed by atoms with Crippen LogP contribution in [0.4, 0.5) is 0 Å². The van der Waals surface area contributed by atoms with Crippen molar-refractivity contribution < 1.29 is 13.9 Å². The molecule has 3 heterocycles. The molecule has 2 aliphatic rings. The lowest BCUT2D eigenvalue weighted by atomic mass is 10.1. The van der Waals surface area contributed by atoms with Gasteiger partial charge in [0.1, 0.15) is 6.26 Å². The van der Waals surface area contributed by atoms with Gasteiger partial charge >= 0.3 is 0 Å². The Balaban J connectivity index is 1.46. The van der Waals surface area contributed by atoms with E-state index in [0.29, 0.717) is 5.56 Å². The van der Waals surface area contributed by atoms with Crippen molar-refractivity contribution in [2.75, 3.05) is 45.9 Å². The molecule has 1 atom stereocenters. The third-order valence-corrected chi connectivity index (χ3v) is 4.52. The van der Waals surface area contributed by atoms with Crippen molar-refractivity contribution in [1.82, 2.24) is 9.80 Å². The second-order valence-corrected chi connectivity index (χ2v) is 6.02. The third kappa shape index (κ3) is 3.86. The van der Waals surface area contributed by atoms with Crippen LogP contribution in [-0.2, 0) is 4.74 Å². The Kier molecular flexibility index (Phi) is 4.93. The number of nitrogens with zero attached hydrogens (tertiary/aromatic N) is 2. The molecule has 21 heavy (non-hydrogen) atoms. The predicted molar refractivity (Wildman–Crippen MR) is 79.2 cm³/mol. The number of amides is 1. The Hall–Kier alpha value is -1.33. The molecule has 5 nitrogen and oxygen atoms in total. The monoisotopic (exact) mass is 292 g/mol. The van der Waals surface area contributed by atoms with E-state index in [-0.39, 0.29) is 5.91 Å². The molecule has 0 spiro atoms. The highest BCUT2D eigenvalue weighted by molar-refractivity contribution is 5.93. The SMILES string of the molecule is O=C(c1ccoc1)N1CCCN(CC[C@@H]2CCOC2)CC1. The van der Waals surface area contributed by atoms with Crippen LogP contribution >= 0.6 is 0 Å². The minimum Gasteiger partial charge on any atom is -0.472 e. The summed E-state index contributed by atoms with van der Waals surface area (Å²) in [4.78, 5) is 16.8. The molecule has 0 saturated carbocycles. The van der Waals surface area contributed by atoms with Gasteiger partial charge in [-0.25, -0.2) is 0 Å². The van der Waals surface area contributed by atoms with Crippen molar-refractivity contribution in [2.24, 2.45) is 5.92 Å². The van der Waals surface area contributed by atoms with Gasteiger partial charge in [0.25, 0.3) is 5.91 Å². The van der Waals surface area contributed by atoms with Crippen molar-refractivity contribution >= 4 is 5.91 Å². The molecule has 0 aromatic carbocycles. The molecular weight excluding hydrogens is 268 g/mol. The van der Waals surface area contributed by atoms with Crippen molar-refractivity contribution in [3.05, 3.63) is 24.2 Å². The topological polar surface area (TPSA) is 45.9 Å². The standard InChI is InChI=1S/C16H24N2O3/c19-16(15-4-11-21-13-15)18-6-1-5-17(8-9-18)7-2-14-3-10-20-12-14/h4,11,13-14H,1-3,5-10,12H2/t14-/m1/s1. The van der Waals surface area contributed by atoms with Gasteiger partial charge in [-0.15, -0.1) is 0 Å². The average Bonchev–Trinajstić information content (AvgIpc) is 3.15. The molecule has 0 aliphatic carbocycles. The highest BCUT2D eigenvalue weighted by Crippen LogP contribution is 2.17. The maximum Gasteiger partial charge on any atom is 0.257 e. The van der Waals surface area contributed by atoms with E-state index >= 15 is 0 Å². The Morgan fingerprint density at radius 2 is 2.24 bits per heavy atom. The van der Waals surface area contributed by atoms with Gasteiger partial charge < -0.3 is 19.0 Å². The highest BCUT2D eigenvalue weighted by Gasteiger charge is 2.22. The Morgan fingerprint density at radius 3 is 3.00 bits per heavy atom. The van der Waals surface area contributed by atoms with Crippen LogP contribution in [0.1, 0.15) is 29.6 Å². The van der Waals surface area contributed by atoms with Crippen LogP contribution in [0, 0.1) is 5.92 Å². The summed E-state index contributed by atoms with van der Waals surface area (Å²) in [5, 5.41) is 0. The molecule has 2 fully saturated rings. The minimum absolute atomic E-state index is 0.0924. The van der Waals surface area contributed by atoms with Crippen LogP contribution in [0.2, 0.25) is 0 Å². The maximum atomic E-state index is 12.3. The number of carbonyl (C=O) groups is 1. The molecule has 2 saturated heterocycles. The Labute approximate surface area is 125 Å². The minimum atomic E-state index is 0.0924. The largest absolute Gasteiger partial charge is 0.472 e. The molecule has 0 radical (unpaired) electrons. The van der Waals surface area contributed by atoms with Crippen LogP contribution in [-0.4, -0.2) is 61.6 Å². The van der Waals surface area contributed by atoms with Gasteiger partial charge in [-0.2, -0.15) is 0 Å². The molecule has 0 N–H and O–H groups in total. The maximum absolute atomic E-state index is 12.3. The number of furan rings is 1. The molecule has 5 heteroatoms. The molecule has 0 bridgehead atoms. The van der Waals surface area contributed by atoms with E-state index in [9.17, 15) is 4.79 Å². The zero-order valence-corrected chi connectivity index (χ0v) is 12.5. The second-order valence-electron chi connectivity index (χ2n) is 6.02. The summed E-state index contributed by atoms with van der Waals surface area (Å²) in [6, 6.07) is 1.74. The lowest BCUT2D eigenvalue weighted by molar-refractivity contribution is 0.0760. The zero-order valence-electron chi connectivity index (χ0n) is 12.5. The smallest absolute Gasteiger partial charge is 0.257 e. The molecule has 1 aromatic rings. The van der Waals surface area contributed by atoms with Crippen LogP contribution in [0.5, 0.6) is 0 Å². The molecule has 0 unspecified atom stereocenters. The lowest BCUT2D eigenvalue weighted by Gasteiger charge is -2.22. The highest BCUT2D eigenvalue weighted by atomic mass is 16.5. The number of rotatable bonds is 4. The van der Waals surface area contributed by atoms with Crippen LogP contribution in [0.15, 0.2) is 23.0 Å². The Morgan fingerprint density at radius 1 is 1.29 bits per heavy atom. The quantitative estimate of drug-likeness (QED) is 0.849. The summed E-state index contributed by atoms with van der Waals surface area (Å²) in [5.41, 5.74) is 0.659. The van der Waals surface area contributed by atoms with Crippen LogP contribution in [0.3, 0.4) is 0 Å². The number of carbonyl (C=O) groups excluding carboxylic acids is 1. The first-order valence-electron chi connectivity index (χ1n) is 7.94. The van der Waals surface area contributed by atoms with E-state index in [2.05, 4.69) is 4.90 Å². The van der Waals surface area contributed by atoms with E-state index < -0.39 is 0 Å². The number of hydrogen-bond donors (Lipinski definition) is 0. The molecule has 116 valence electrons. The van der Waals surface area contributed by atoms with Gasteiger partial charge in [-0.1, -0.05) is 0 Å². The second kappa shape index (κ2) is 7.09. The van der Waals surface area contributed by atoms with Gasteiger partial charge in [-0.05, 0) is 44.3 Å². The van der Waals surface area contributed by atoms with Crippen molar-refractivity contribution in [3.63, 3.8) is 0 Å². The summed E-state index contributed by atoms with van der Waals surface area (Å²) in [6.07, 6.45) is 6.56. The first kappa shape index (κ1) is 14.6. The summed E-state index contributed by atoms with van der Waals surface area (Å²) in [5.74, 6) is 0.826. The van der Waals surface area contributed by atoms with E-state index in [0.717, 1.165) is 58.3 Å². The fourth-order valence-corrected chi connectivity index (χ4v) is 3.14. The van der Waals surface area contributed by atoms with Crippen molar-refractivity contribution in [2.45, 2.75) is 19.3 Å². The number of hydrogen-bond acceptors (Lipinski definition) is 4. The van der Waals surface area contributed by atoms with E-state index in [1.54, 1.807) is 12.3 Å². The van der Waals surface area contributed by atoms with Crippen molar-refractivity contribution in [3.8, 4) is 0 Å². The third-order valence-electron chi connectivity index (χ3n) is 4.52. The normalized spacial score (nSPS) is 24.2. The summed E-state index contributed by atoms with van der Waals surface area (Å²) < 4.78 is 10.4. The molecule has 1 aromatic heterocycles. The van der Waals surface area contributed by atoms with E-state index in [1.807, 2.05) is 4.90 Å². The fraction of sp³-hybridized carbons (Fsp3) is 0.688. The molecule has 2 aliphatic heterocycles. The first-order valence-corrected chi connectivity index (χ1v) is 7.94. The van der Waals surface area contributed by atoms with Crippen LogP contribution in [0.25, 0.3) is 0 Å². The van der Waals surface area contributed by atoms with E-state index in [1.165, 1.54) is 19.1 Å².